The van der Waals surface area contributed by atoms with Crippen LogP contribution < -0.4 is 16.6 Å². The Labute approximate surface area is 155 Å². The van der Waals surface area contributed by atoms with Crippen molar-refractivity contribution >= 4 is 23.4 Å². The van der Waals surface area contributed by atoms with Crippen molar-refractivity contribution in [1.29, 1.82) is 0 Å². The zero-order valence-electron chi connectivity index (χ0n) is 14.0. The summed E-state index contributed by atoms with van der Waals surface area (Å²) in [5.41, 5.74) is -0.341. The van der Waals surface area contributed by atoms with E-state index in [2.05, 4.69) is 25.5 Å². The molecule has 1 amide bonds. The molecule has 2 aromatic heterocycles. The summed E-state index contributed by atoms with van der Waals surface area (Å²) >= 11 is 0.977. The van der Waals surface area contributed by atoms with E-state index in [4.69, 9.17) is 4.42 Å². The van der Waals surface area contributed by atoms with Crippen LogP contribution in [-0.2, 0) is 11.2 Å². The lowest BCUT2D eigenvalue weighted by Gasteiger charge is -2.04. The fourth-order valence-corrected chi connectivity index (χ4v) is 2.81. The van der Waals surface area contributed by atoms with Crippen LogP contribution in [0.25, 0.3) is 0 Å². The molecule has 1 aromatic carbocycles. The molecule has 0 aliphatic heterocycles. The van der Waals surface area contributed by atoms with Gasteiger partial charge in [0.15, 0.2) is 0 Å². The van der Waals surface area contributed by atoms with Gasteiger partial charge in [0, 0.05) is 11.3 Å². The Morgan fingerprint density at radius 1 is 1.26 bits per heavy atom. The van der Waals surface area contributed by atoms with Crippen molar-refractivity contribution in [2.24, 2.45) is 0 Å². The number of hydrogen-bond acceptors (Lipinski definition) is 7. The minimum Gasteiger partial charge on any atom is -0.416 e. The van der Waals surface area contributed by atoms with Crippen LogP contribution in [0.15, 0.2) is 43.5 Å². The molecule has 0 radical (unpaired) electrons. The van der Waals surface area contributed by atoms with Gasteiger partial charge in [-0.15, -0.1) is 10.2 Å². The normalized spacial score (nSPS) is 10.7. The van der Waals surface area contributed by atoms with Crippen molar-refractivity contribution in [3.63, 3.8) is 0 Å². The van der Waals surface area contributed by atoms with Gasteiger partial charge < -0.3 is 14.7 Å². The van der Waals surface area contributed by atoms with Crippen molar-refractivity contribution in [2.75, 3.05) is 11.1 Å². The van der Waals surface area contributed by atoms with E-state index in [1.165, 1.54) is 18.2 Å². The Balaban J connectivity index is 1.60. The van der Waals surface area contributed by atoms with Crippen LogP contribution in [0.3, 0.4) is 0 Å². The highest BCUT2D eigenvalue weighted by Crippen LogP contribution is 2.19. The third-order valence-corrected chi connectivity index (χ3v) is 4.32. The van der Waals surface area contributed by atoms with E-state index in [0.29, 0.717) is 11.3 Å². The van der Waals surface area contributed by atoms with Gasteiger partial charge in [-0.25, -0.2) is 9.18 Å². The Morgan fingerprint density at radius 3 is 2.78 bits per heavy atom. The molecule has 11 heteroatoms. The zero-order valence-corrected chi connectivity index (χ0v) is 14.9. The smallest absolute Gasteiger partial charge is 0.325 e. The number of amides is 1. The lowest BCUT2D eigenvalue weighted by molar-refractivity contribution is -0.113. The fourth-order valence-electron chi connectivity index (χ4n) is 2.23. The quantitative estimate of drug-likeness (QED) is 0.538. The molecule has 0 bridgehead atoms. The molecule has 9 nitrogen and oxygen atoms in total. The molecular weight excluding hydrogens is 377 g/mol. The molecule has 0 atom stereocenters. The number of nitrogens with one attached hydrogen (secondary N) is 3. The molecule has 27 heavy (non-hydrogen) atoms. The van der Waals surface area contributed by atoms with E-state index in [9.17, 15) is 18.8 Å². The van der Waals surface area contributed by atoms with Crippen LogP contribution in [-0.4, -0.2) is 31.8 Å². The van der Waals surface area contributed by atoms with Crippen LogP contribution >= 0.6 is 11.8 Å². The predicted molar refractivity (Wildman–Crippen MR) is 95.3 cm³/mol. The number of carbonyl (C=O) groups excluding carboxylic acids is 1. The minimum absolute atomic E-state index is 0.0347. The maximum Gasteiger partial charge on any atom is 0.325 e. The monoisotopic (exact) mass is 391 g/mol. The number of halogens is 1. The zero-order chi connectivity index (χ0) is 19.4. The first kappa shape index (κ1) is 18.6. The largest absolute Gasteiger partial charge is 0.416 e. The SMILES string of the molecule is Cc1[nH]c(=O)[nH]c(=O)c1Cc1nnc(SCC(=O)Nc2ccccc2F)o1. The summed E-state index contributed by atoms with van der Waals surface area (Å²) in [5, 5.41) is 10.2. The summed E-state index contributed by atoms with van der Waals surface area (Å²) in [7, 11) is 0. The van der Waals surface area contributed by atoms with Crippen LogP contribution in [0.2, 0.25) is 0 Å². The molecule has 3 N–H and O–H groups in total. The van der Waals surface area contributed by atoms with Gasteiger partial charge in [-0.3, -0.25) is 14.6 Å². The van der Waals surface area contributed by atoms with Crippen LogP contribution in [0.1, 0.15) is 17.1 Å². The Bertz CT molecular complexity index is 1090. The third kappa shape index (κ3) is 4.70. The third-order valence-electron chi connectivity index (χ3n) is 3.51. The van der Waals surface area contributed by atoms with E-state index < -0.39 is 23.0 Å². The molecule has 0 aliphatic rings. The van der Waals surface area contributed by atoms with Gasteiger partial charge in [0.2, 0.25) is 11.8 Å². The molecule has 0 spiro atoms. The van der Waals surface area contributed by atoms with E-state index in [0.717, 1.165) is 11.8 Å². The standard InChI is InChI=1S/C16H14FN5O4S/c1-8-9(14(24)20-15(25)18-8)6-13-21-22-16(26-13)27-7-12(23)19-11-5-3-2-4-10(11)17/h2-5H,6-7H2,1H3,(H,19,23)(H2,18,20,24,25). The second-order valence-electron chi connectivity index (χ2n) is 5.47. The number of hydrogen-bond donors (Lipinski definition) is 3. The number of aromatic amines is 2. The molecule has 0 unspecified atom stereocenters. The number of H-pyrrole nitrogens is 2. The molecule has 3 aromatic rings. The lowest BCUT2D eigenvalue weighted by atomic mass is 10.2. The predicted octanol–water partition coefficient (Wildman–Crippen LogP) is 1.22. The molecule has 0 aliphatic carbocycles. The number of thioether (sulfide) groups is 1. The van der Waals surface area contributed by atoms with Crippen molar-refractivity contribution in [1.82, 2.24) is 20.2 Å². The van der Waals surface area contributed by atoms with Crippen LogP contribution in [0.4, 0.5) is 10.1 Å². The number of aryl methyl sites for hydroxylation is 1. The van der Waals surface area contributed by atoms with Crippen molar-refractivity contribution in [3.8, 4) is 0 Å². The number of benzene rings is 1. The highest BCUT2D eigenvalue weighted by atomic mass is 32.2. The van der Waals surface area contributed by atoms with Gasteiger partial charge in [0.05, 0.1) is 17.9 Å². The Morgan fingerprint density at radius 2 is 2.04 bits per heavy atom. The summed E-state index contributed by atoms with van der Waals surface area (Å²) in [6, 6.07) is 5.83. The minimum atomic E-state index is -0.594. The van der Waals surface area contributed by atoms with Gasteiger partial charge in [0.1, 0.15) is 5.82 Å². The van der Waals surface area contributed by atoms with Crippen molar-refractivity contribution < 1.29 is 13.6 Å². The van der Waals surface area contributed by atoms with E-state index in [1.807, 2.05) is 0 Å². The van der Waals surface area contributed by atoms with Crippen LogP contribution in [0, 0.1) is 12.7 Å². The molecule has 140 valence electrons. The Kier molecular flexibility index (Phi) is 5.50. The summed E-state index contributed by atoms with van der Waals surface area (Å²) in [5.74, 6) is -0.864. The number of anilines is 1. The highest BCUT2D eigenvalue weighted by molar-refractivity contribution is 7.99. The van der Waals surface area contributed by atoms with Gasteiger partial charge >= 0.3 is 5.69 Å². The molecule has 0 saturated heterocycles. The average Bonchev–Trinajstić information content (AvgIpc) is 3.06. The maximum atomic E-state index is 13.5. The second kappa shape index (κ2) is 7.99. The Hall–Kier alpha value is -3.21. The van der Waals surface area contributed by atoms with E-state index in [1.54, 1.807) is 13.0 Å². The highest BCUT2D eigenvalue weighted by Gasteiger charge is 2.14. The summed E-state index contributed by atoms with van der Waals surface area (Å²) in [4.78, 5) is 39.5. The molecule has 0 fully saturated rings. The first-order chi connectivity index (χ1) is 12.9. The van der Waals surface area contributed by atoms with E-state index in [-0.39, 0.29) is 29.0 Å². The summed E-state index contributed by atoms with van der Waals surface area (Å²) in [6.45, 7) is 1.59. The van der Waals surface area contributed by atoms with Crippen molar-refractivity contribution in [2.45, 2.75) is 18.6 Å². The summed E-state index contributed by atoms with van der Waals surface area (Å²) < 4.78 is 18.9. The van der Waals surface area contributed by atoms with Gasteiger partial charge in [0.25, 0.3) is 10.8 Å². The summed E-state index contributed by atoms with van der Waals surface area (Å²) in [6.07, 6.45) is 0.0347. The fraction of sp³-hybridized carbons (Fsp3) is 0.188. The second-order valence-corrected chi connectivity index (χ2v) is 6.39. The number of para-hydroxylation sites is 1. The number of carbonyl (C=O) groups is 1. The van der Waals surface area contributed by atoms with Crippen LogP contribution in [0.5, 0.6) is 0 Å². The van der Waals surface area contributed by atoms with Gasteiger partial charge in [-0.2, -0.15) is 0 Å². The molecule has 0 saturated carbocycles. The first-order valence-corrected chi connectivity index (χ1v) is 8.72. The van der Waals surface area contributed by atoms with Crippen molar-refractivity contribution in [3.05, 3.63) is 68.1 Å². The first-order valence-electron chi connectivity index (χ1n) is 7.74. The number of aromatic nitrogens is 4. The molecular formula is C16H14FN5O4S. The number of rotatable bonds is 6. The van der Waals surface area contributed by atoms with Gasteiger partial charge in [-0.1, -0.05) is 23.9 Å². The lowest BCUT2D eigenvalue weighted by Crippen LogP contribution is -2.27. The average molecular weight is 391 g/mol. The molecule has 3 rings (SSSR count). The van der Waals surface area contributed by atoms with E-state index >= 15 is 0 Å². The van der Waals surface area contributed by atoms with Gasteiger partial charge in [-0.05, 0) is 19.1 Å². The molecule has 2 heterocycles. The maximum absolute atomic E-state index is 13.5. The topological polar surface area (TPSA) is 134 Å². The number of nitrogens with zero attached hydrogens (tertiary/aromatic N) is 2.